The Morgan fingerprint density at radius 2 is 1.61 bits per heavy atom. The zero-order chi connectivity index (χ0) is 19.3. The van der Waals surface area contributed by atoms with Gasteiger partial charge in [0.15, 0.2) is 0 Å². The van der Waals surface area contributed by atoms with Crippen LogP contribution in [-0.2, 0) is 0 Å². The van der Waals surface area contributed by atoms with Crippen LogP contribution in [0.3, 0.4) is 0 Å². The number of hydrogen-bond acceptors (Lipinski definition) is 4. The summed E-state index contributed by atoms with van der Waals surface area (Å²) in [6.07, 6.45) is 0.869. The molecule has 1 saturated heterocycles. The predicted octanol–water partition coefficient (Wildman–Crippen LogP) is 3.55. The van der Waals surface area contributed by atoms with Gasteiger partial charge in [-0.3, -0.25) is 9.69 Å². The number of carbonyl (C=O) groups excluding carboxylic acids is 1. The van der Waals surface area contributed by atoms with Gasteiger partial charge in [-0.25, -0.2) is 0 Å². The average Bonchev–Trinajstić information content (AvgIpc) is 2.61. The lowest BCUT2D eigenvalue weighted by molar-refractivity contribution is 0.0898. The minimum absolute atomic E-state index is 0. The number of rotatable bonds is 7. The van der Waals surface area contributed by atoms with Gasteiger partial charge in [0, 0.05) is 55.6 Å². The molecule has 1 aliphatic heterocycles. The molecule has 1 fully saturated rings. The van der Waals surface area contributed by atoms with Crippen molar-refractivity contribution < 1.29 is 4.79 Å². The summed E-state index contributed by atoms with van der Waals surface area (Å²) in [5.74, 6) is 0.436. The molecule has 28 heavy (non-hydrogen) atoms. The molecule has 0 bridgehead atoms. The minimum atomic E-state index is -0.364. The summed E-state index contributed by atoms with van der Waals surface area (Å²) in [7, 11) is 0. The van der Waals surface area contributed by atoms with Crippen LogP contribution in [0.15, 0.2) is 24.3 Å². The van der Waals surface area contributed by atoms with Crippen molar-refractivity contribution in [2.75, 3.05) is 37.6 Å². The molecule has 7 heteroatoms. The maximum atomic E-state index is 12.6. The highest BCUT2D eigenvalue weighted by molar-refractivity contribution is 5.95. The van der Waals surface area contributed by atoms with E-state index in [0.29, 0.717) is 24.1 Å². The maximum absolute atomic E-state index is 12.6. The SMILES string of the molecule is CC(C)CC(C)(CN)NC(=O)c1ccc(N2CCN(C(C)C)CC2)cc1.Cl.Cl. The van der Waals surface area contributed by atoms with Gasteiger partial charge in [0.05, 0.1) is 0 Å². The Balaban J connectivity index is 0.00000364. The zero-order valence-electron chi connectivity index (χ0n) is 17.9. The van der Waals surface area contributed by atoms with Crippen LogP contribution in [0.4, 0.5) is 5.69 Å². The van der Waals surface area contributed by atoms with E-state index in [0.717, 1.165) is 32.6 Å². The van der Waals surface area contributed by atoms with Gasteiger partial charge >= 0.3 is 0 Å². The molecule has 1 aromatic rings. The normalized spacial score (nSPS) is 16.9. The highest BCUT2D eigenvalue weighted by Crippen LogP contribution is 2.20. The second kappa shape index (κ2) is 11.9. The van der Waals surface area contributed by atoms with Gasteiger partial charge in [0.1, 0.15) is 0 Å². The van der Waals surface area contributed by atoms with Crippen LogP contribution in [-0.4, -0.2) is 55.1 Å². The molecule has 1 heterocycles. The van der Waals surface area contributed by atoms with Crippen molar-refractivity contribution >= 4 is 36.4 Å². The molecular formula is C21H38Cl2N4O. The number of nitrogens with one attached hydrogen (secondary N) is 1. The van der Waals surface area contributed by atoms with Crippen LogP contribution in [0, 0.1) is 5.92 Å². The highest BCUT2D eigenvalue weighted by Gasteiger charge is 2.26. The molecule has 0 spiro atoms. The lowest BCUT2D eigenvalue weighted by Gasteiger charge is -2.38. The van der Waals surface area contributed by atoms with E-state index >= 15 is 0 Å². The van der Waals surface area contributed by atoms with Gasteiger partial charge in [-0.05, 0) is 57.4 Å². The summed E-state index contributed by atoms with van der Waals surface area (Å²) in [5, 5.41) is 3.12. The van der Waals surface area contributed by atoms with Crippen LogP contribution in [0.25, 0.3) is 0 Å². The van der Waals surface area contributed by atoms with E-state index in [2.05, 4.69) is 54.9 Å². The molecule has 1 aliphatic rings. The third kappa shape index (κ3) is 7.43. The number of anilines is 1. The molecule has 162 valence electrons. The molecular weight excluding hydrogens is 395 g/mol. The Labute approximate surface area is 183 Å². The average molecular weight is 433 g/mol. The second-order valence-electron chi connectivity index (χ2n) is 8.48. The third-order valence-corrected chi connectivity index (χ3v) is 5.26. The maximum Gasteiger partial charge on any atom is 0.251 e. The number of hydrogen-bond donors (Lipinski definition) is 2. The molecule has 1 aromatic carbocycles. The fourth-order valence-electron chi connectivity index (χ4n) is 3.75. The number of amides is 1. The van der Waals surface area contributed by atoms with Crippen molar-refractivity contribution in [2.45, 2.75) is 52.6 Å². The number of nitrogens with two attached hydrogens (primary N) is 1. The van der Waals surface area contributed by atoms with Gasteiger partial charge in [0.25, 0.3) is 5.91 Å². The van der Waals surface area contributed by atoms with Gasteiger partial charge in [0.2, 0.25) is 0 Å². The van der Waals surface area contributed by atoms with Crippen molar-refractivity contribution in [1.82, 2.24) is 10.2 Å². The standard InChI is InChI=1S/C21H36N4O.2ClH/c1-16(2)14-21(5,15-22)23-20(26)18-6-8-19(9-7-18)25-12-10-24(11-13-25)17(3)4;;/h6-9,16-17H,10-15,22H2,1-5H3,(H,23,26);2*1H. The monoisotopic (exact) mass is 432 g/mol. The molecule has 3 N–H and O–H groups in total. The zero-order valence-corrected chi connectivity index (χ0v) is 19.5. The van der Waals surface area contributed by atoms with Crippen LogP contribution < -0.4 is 16.0 Å². The molecule has 1 unspecified atom stereocenters. The van der Waals surface area contributed by atoms with Crippen LogP contribution in [0.2, 0.25) is 0 Å². The molecule has 2 rings (SSSR count). The van der Waals surface area contributed by atoms with Crippen molar-refractivity contribution in [2.24, 2.45) is 11.7 Å². The fraction of sp³-hybridized carbons (Fsp3) is 0.667. The molecule has 1 atom stereocenters. The minimum Gasteiger partial charge on any atom is -0.369 e. The summed E-state index contributed by atoms with van der Waals surface area (Å²) in [6, 6.07) is 8.56. The molecule has 1 amide bonds. The Morgan fingerprint density at radius 1 is 1.07 bits per heavy atom. The lowest BCUT2D eigenvalue weighted by Crippen LogP contribution is -2.52. The van der Waals surface area contributed by atoms with Crippen molar-refractivity contribution in [1.29, 1.82) is 0 Å². The molecule has 0 aromatic heterocycles. The van der Waals surface area contributed by atoms with Crippen LogP contribution in [0.1, 0.15) is 51.4 Å². The topological polar surface area (TPSA) is 61.6 Å². The van der Waals surface area contributed by atoms with Crippen molar-refractivity contribution in [3.05, 3.63) is 29.8 Å². The number of nitrogens with zero attached hydrogens (tertiary/aromatic N) is 2. The molecule has 5 nitrogen and oxygen atoms in total. The first-order chi connectivity index (χ1) is 12.2. The first-order valence-electron chi connectivity index (χ1n) is 9.86. The molecule has 0 radical (unpaired) electrons. The Bertz CT molecular complexity index is 587. The molecule has 0 saturated carbocycles. The van der Waals surface area contributed by atoms with Crippen LogP contribution >= 0.6 is 24.8 Å². The summed E-state index contributed by atoms with van der Waals surface area (Å²) >= 11 is 0. The number of carbonyl (C=O) groups is 1. The van der Waals surface area contributed by atoms with E-state index in [9.17, 15) is 4.79 Å². The van der Waals surface area contributed by atoms with Gasteiger partial charge in [-0.2, -0.15) is 0 Å². The van der Waals surface area contributed by atoms with Crippen molar-refractivity contribution in [3.63, 3.8) is 0 Å². The predicted molar refractivity (Wildman–Crippen MR) is 124 cm³/mol. The number of piperazine rings is 1. The Kier molecular flexibility index (Phi) is 11.4. The third-order valence-electron chi connectivity index (χ3n) is 5.26. The first kappa shape index (κ1) is 27.0. The Morgan fingerprint density at radius 3 is 2.04 bits per heavy atom. The Hall–Kier alpha value is -1.01. The summed E-state index contributed by atoms with van der Waals surface area (Å²) < 4.78 is 0. The number of benzene rings is 1. The largest absolute Gasteiger partial charge is 0.369 e. The van der Waals surface area contributed by atoms with E-state index in [-0.39, 0.29) is 36.3 Å². The highest BCUT2D eigenvalue weighted by atomic mass is 35.5. The van der Waals surface area contributed by atoms with Crippen LogP contribution in [0.5, 0.6) is 0 Å². The fourth-order valence-corrected chi connectivity index (χ4v) is 3.75. The van der Waals surface area contributed by atoms with E-state index in [1.54, 1.807) is 0 Å². The summed E-state index contributed by atoms with van der Waals surface area (Å²) in [6.45, 7) is 15.5. The van der Waals surface area contributed by atoms with E-state index < -0.39 is 0 Å². The van der Waals surface area contributed by atoms with Gasteiger partial charge in [-0.1, -0.05) is 13.8 Å². The second-order valence-corrected chi connectivity index (χ2v) is 8.48. The first-order valence-corrected chi connectivity index (χ1v) is 9.86. The van der Waals surface area contributed by atoms with Gasteiger partial charge in [-0.15, -0.1) is 24.8 Å². The van der Waals surface area contributed by atoms with Gasteiger partial charge < -0.3 is 16.0 Å². The smallest absolute Gasteiger partial charge is 0.251 e. The quantitative estimate of drug-likeness (QED) is 0.691. The number of halogens is 2. The lowest BCUT2D eigenvalue weighted by atomic mass is 9.90. The summed E-state index contributed by atoms with van der Waals surface area (Å²) in [5.41, 5.74) is 7.43. The van der Waals surface area contributed by atoms with E-state index in [1.165, 1.54) is 5.69 Å². The van der Waals surface area contributed by atoms with E-state index in [4.69, 9.17) is 5.73 Å². The van der Waals surface area contributed by atoms with E-state index in [1.807, 2.05) is 19.1 Å². The summed E-state index contributed by atoms with van der Waals surface area (Å²) in [4.78, 5) is 17.5. The molecule has 0 aliphatic carbocycles. The van der Waals surface area contributed by atoms with Crippen molar-refractivity contribution in [3.8, 4) is 0 Å².